The average molecular weight is 334 g/mol. The third-order valence-electron chi connectivity index (χ3n) is 3.89. The number of morpholine rings is 1. The van der Waals surface area contributed by atoms with Gasteiger partial charge in [-0.25, -0.2) is 5.11 Å². The van der Waals surface area contributed by atoms with Crippen LogP contribution >= 0.6 is 0 Å². The summed E-state index contributed by atoms with van der Waals surface area (Å²) in [6.45, 7) is 3.86. The lowest BCUT2D eigenvalue weighted by molar-refractivity contribution is -0.131. The normalized spacial score (nSPS) is 16.4. The molecule has 1 saturated heterocycles. The number of carbonyl (C=O) groups excluding carboxylic acids is 2. The van der Waals surface area contributed by atoms with Crippen LogP contribution in [-0.4, -0.2) is 62.7 Å². The highest BCUT2D eigenvalue weighted by molar-refractivity contribution is 5.88. The highest BCUT2D eigenvalue weighted by Gasteiger charge is 2.22. The van der Waals surface area contributed by atoms with E-state index in [9.17, 15) is 14.7 Å². The Morgan fingerprint density at radius 3 is 2.54 bits per heavy atom. The molecule has 2 N–H and O–H groups in total. The summed E-state index contributed by atoms with van der Waals surface area (Å²) in [4.78, 5) is 26.1. The molecule has 2 amide bonds. The minimum atomic E-state index is -0.895. The summed E-state index contributed by atoms with van der Waals surface area (Å²) in [6.07, 6.45) is 0.822. The van der Waals surface area contributed by atoms with Gasteiger partial charge >= 0.3 is 0 Å². The van der Waals surface area contributed by atoms with Crippen molar-refractivity contribution < 1.29 is 19.4 Å². The monoisotopic (exact) mass is 334 g/mol. The molecule has 1 aliphatic heterocycles. The molecular weight excluding hydrogens is 310 g/mol. The lowest BCUT2D eigenvalue weighted by Crippen LogP contribution is -2.42. The molecule has 0 aromatic heterocycles. The molecule has 1 aromatic carbocycles. The first kappa shape index (κ1) is 18.4. The van der Waals surface area contributed by atoms with E-state index >= 15 is 0 Å². The van der Waals surface area contributed by atoms with E-state index in [2.05, 4.69) is 15.5 Å². The van der Waals surface area contributed by atoms with Crippen LogP contribution in [-0.2, 0) is 19.4 Å². The number of hydrogen-bond acceptors (Lipinski definition) is 4. The van der Waals surface area contributed by atoms with Gasteiger partial charge in [-0.2, -0.15) is 0 Å². The van der Waals surface area contributed by atoms with Gasteiger partial charge in [0.25, 0.3) is 0 Å². The first-order chi connectivity index (χ1) is 11.7. The Kier molecular flexibility index (Phi) is 7.67. The third kappa shape index (κ3) is 5.92. The van der Waals surface area contributed by atoms with E-state index < -0.39 is 18.6 Å². The zero-order valence-electron chi connectivity index (χ0n) is 13.7. The van der Waals surface area contributed by atoms with Crippen molar-refractivity contribution in [3.8, 4) is 0 Å². The van der Waals surface area contributed by atoms with Gasteiger partial charge in [0, 0.05) is 19.6 Å². The summed E-state index contributed by atoms with van der Waals surface area (Å²) in [5, 5.41) is 16.0. The van der Waals surface area contributed by atoms with Gasteiger partial charge in [-0.15, -0.1) is 0 Å². The van der Waals surface area contributed by atoms with E-state index in [-0.39, 0.29) is 5.91 Å². The summed E-state index contributed by atoms with van der Waals surface area (Å²) in [5.74, 6) is -0.989. The number of ether oxygens (including phenoxy) is 1. The zero-order chi connectivity index (χ0) is 17.2. The SMILES string of the molecule is [O]CC(=O)N[C@@H](C(=O)NCCCN1CCOCC1)c1ccccc1. The van der Waals surface area contributed by atoms with Crippen molar-refractivity contribution in [3.05, 3.63) is 35.9 Å². The van der Waals surface area contributed by atoms with Crippen molar-refractivity contribution in [1.82, 2.24) is 15.5 Å². The average Bonchev–Trinajstić information content (AvgIpc) is 2.64. The van der Waals surface area contributed by atoms with Crippen LogP contribution < -0.4 is 10.6 Å². The molecule has 24 heavy (non-hydrogen) atoms. The quantitative estimate of drug-likeness (QED) is 0.661. The van der Waals surface area contributed by atoms with Crippen LogP contribution in [0.2, 0.25) is 0 Å². The van der Waals surface area contributed by atoms with Gasteiger partial charge in [0.2, 0.25) is 11.8 Å². The van der Waals surface area contributed by atoms with Crippen molar-refractivity contribution in [2.75, 3.05) is 46.0 Å². The molecule has 0 spiro atoms. The van der Waals surface area contributed by atoms with Gasteiger partial charge in [-0.05, 0) is 18.5 Å². The second-order valence-corrected chi connectivity index (χ2v) is 5.65. The van der Waals surface area contributed by atoms with E-state index in [1.54, 1.807) is 24.3 Å². The van der Waals surface area contributed by atoms with Crippen LogP contribution in [0.1, 0.15) is 18.0 Å². The predicted molar refractivity (Wildman–Crippen MR) is 87.8 cm³/mol. The third-order valence-corrected chi connectivity index (χ3v) is 3.89. The van der Waals surface area contributed by atoms with Crippen LogP contribution in [0.15, 0.2) is 30.3 Å². The van der Waals surface area contributed by atoms with Crippen molar-refractivity contribution in [1.29, 1.82) is 0 Å². The molecule has 7 nitrogen and oxygen atoms in total. The largest absolute Gasteiger partial charge is 0.379 e. The lowest BCUT2D eigenvalue weighted by atomic mass is 10.1. The standard InChI is InChI=1S/C17H24N3O4/c21-13-15(22)19-16(14-5-2-1-3-6-14)17(23)18-7-4-8-20-9-11-24-12-10-20/h1-3,5-6,16H,4,7-13H2,(H,18,23)(H,19,22)/t16-/m1/s1. The molecule has 1 aromatic rings. The maximum absolute atomic E-state index is 12.4. The lowest BCUT2D eigenvalue weighted by Gasteiger charge is -2.26. The predicted octanol–water partition coefficient (Wildman–Crippen LogP) is 0.113. The van der Waals surface area contributed by atoms with Crippen LogP contribution in [0.25, 0.3) is 0 Å². The van der Waals surface area contributed by atoms with Crippen LogP contribution in [0.3, 0.4) is 0 Å². The van der Waals surface area contributed by atoms with Crippen LogP contribution in [0.4, 0.5) is 0 Å². The van der Waals surface area contributed by atoms with Gasteiger partial charge in [-0.3, -0.25) is 14.5 Å². The molecule has 0 bridgehead atoms. The van der Waals surface area contributed by atoms with Crippen molar-refractivity contribution in [2.24, 2.45) is 0 Å². The summed E-state index contributed by atoms with van der Waals surface area (Å²) in [5.41, 5.74) is 0.657. The molecule has 0 saturated carbocycles. The minimum absolute atomic E-state index is 0.301. The van der Waals surface area contributed by atoms with Gasteiger partial charge in [0.05, 0.1) is 13.2 Å². The second-order valence-electron chi connectivity index (χ2n) is 5.65. The minimum Gasteiger partial charge on any atom is -0.379 e. The summed E-state index contributed by atoms with van der Waals surface area (Å²) < 4.78 is 5.30. The summed E-state index contributed by atoms with van der Waals surface area (Å²) in [6, 6.07) is 8.08. The second kappa shape index (κ2) is 10.0. The van der Waals surface area contributed by atoms with Gasteiger partial charge < -0.3 is 15.4 Å². The number of hydrogen-bond donors (Lipinski definition) is 2. The van der Waals surface area contributed by atoms with Gasteiger partial charge in [0.15, 0.2) is 6.61 Å². The van der Waals surface area contributed by atoms with Crippen molar-refractivity contribution >= 4 is 11.8 Å². The first-order valence-corrected chi connectivity index (χ1v) is 8.21. The van der Waals surface area contributed by atoms with Crippen molar-refractivity contribution in [3.63, 3.8) is 0 Å². The Bertz CT molecular complexity index is 518. The number of nitrogens with one attached hydrogen (secondary N) is 2. The summed E-state index contributed by atoms with van der Waals surface area (Å²) in [7, 11) is 0. The maximum atomic E-state index is 12.4. The Balaban J connectivity index is 1.82. The molecule has 1 radical (unpaired) electrons. The molecule has 1 aliphatic rings. The highest BCUT2D eigenvalue weighted by Crippen LogP contribution is 2.12. The topological polar surface area (TPSA) is 90.6 Å². The van der Waals surface area contributed by atoms with Crippen LogP contribution in [0.5, 0.6) is 0 Å². The fourth-order valence-electron chi connectivity index (χ4n) is 2.59. The molecule has 1 atom stereocenters. The molecule has 7 heteroatoms. The first-order valence-electron chi connectivity index (χ1n) is 8.21. The van der Waals surface area contributed by atoms with E-state index in [4.69, 9.17) is 4.74 Å². The van der Waals surface area contributed by atoms with E-state index in [0.29, 0.717) is 12.1 Å². The van der Waals surface area contributed by atoms with Gasteiger partial charge in [-0.1, -0.05) is 30.3 Å². The smallest absolute Gasteiger partial charge is 0.250 e. The molecule has 2 rings (SSSR count). The molecule has 1 heterocycles. The molecule has 131 valence electrons. The number of benzene rings is 1. The van der Waals surface area contributed by atoms with E-state index in [1.807, 2.05) is 6.07 Å². The zero-order valence-corrected chi connectivity index (χ0v) is 13.7. The fourth-order valence-corrected chi connectivity index (χ4v) is 2.59. The molecular formula is C17H24N3O4. The van der Waals surface area contributed by atoms with Crippen LogP contribution in [0, 0.1) is 0 Å². The number of rotatable bonds is 8. The van der Waals surface area contributed by atoms with E-state index in [1.165, 1.54) is 0 Å². The highest BCUT2D eigenvalue weighted by atomic mass is 16.5. The Morgan fingerprint density at radius 1 is 1.17 bits per heavy atom. The fraction of sp³-hybridized carbons (Fsp3) is 0.529. The molecule has 0 unspecified atom stereocenters. The van der Waals surface area contributed by atoms with Gasteiger partial charge in [0.1, 0.15) is 6.04 Å². The van der Waals surface area contributed by atoms with Crippen molar-refractivity contribution in [2.45, 2.75) is 12.5 Å². The maximum Gasteiger partial charge on any atom is 0.250 e. The number of nitrogens with zero attached hydrogens (tertiary/aromatic N) is 1. The van der Waals surface area contributed by atoms with E-state index in [0.717, 1.165) is 39.3 Å². The molecule has 0 aliphatic carbocycles. The Morgan fingerprint density at radius 2 is 1.88 bits per heavy atom. The number of carbonyl (C=O) groups is 2. The summed E-state index contributed by atoms with van der Waals surface area (Å²) >= 11 is 0. The Labute approximate surface area is 142 Å². The molecule has 1 fully saturated rings. The Hall–Kier alpha value is -1.96. The number of amides is 2.